The van der Waals surface area contributed by atoms with E-state index >= 15 is 0 Å². The Morgan fingerprint density at radius 1 is 1.17 bits per heavy atom. The first-order valence-corrected chi connectivity index (χ1v) is 4.98. The molecule has 1 aromatic carbocycles. The molecule has 1 heterocycles. The van der Waals surface area contributed by atoms with Gasteiger partial charge in [-0.1, -0.05) is 6.07 Å². The smallest absolute Gasteiger partial charge is 0.326 e. The second kappa shape index (κ2) is 4.58. The van der Waals surface area contributed by atoms with Crippen LogP contribution >= 0.6 is 0 Å². The standard InChI is InChI=1S/C11H9N3O4/c15-7-3-1-2-6(4-7)12-10(17)8-5-9(16)14-11(18)13-8/h1-5,15H,(H,12,17)(H2,13,14,16,18). The van der Waals surface area contributed by atoms with E-state index in [1.807, 2.05) is 4.98 Å². The van der Waals surface area contributed by atoms with Gasteiger partial charge in [-0.05, 0) is 12.1 Å². The van der Waals surface area contributed by atoms with E-state index in [9.17, 15) is 19.5 Å². The van der Waals surface area contributed by atoms with Gasteiger partial charge in [-0.25, -0.2) is 4.79 Å². The molecule has 0 saturated carbocycles. The van der Waals surface area contributed by atoms with Gasteiger partial charge in [0.1, 0.15) is 11.4 Å². The highest BCUT2D eigenvalue weighted by Crippen LogP contribution is 2.15. The molecule has 0 spiro atoms. The number of hydrogen-bond donors (Lipinski definition) is 4. The van der Waals surface area contributed by atoms with Gasteiger partial charge in [-0.15, -0.1) is 0 Å². The topological polar surface area (TPSA) is 115 Å². The molecule has 0 radical (unpaired) electrons. The molecule has 7 nitrogen and oxygen atoms in total. The average molecular weight is 247 g/mol. The molecule has 0 unspecified atom stereocenters. The number of aromatic nitrogens is 2. The second-order valence-electron chi connectivity index (χ2n) is 3.51. The molecule has 1 aromatic heterocycles. The Hall–Kier alpha value is -2.83. The van der Waals surface area contributed by atoms with E-state index < -0.39 is 17.2 Å². The number of nitrogens with one attached hydrogen (secondary N) is 3. The maximum absolute atomic E-state index is 11.7. The van der Waals surface area contributed by atoms with Crippen molar-refractivity contribution in [3.05, 3.63) is 56.9 Å². The van der Waals surface area contributed by atoms with E-state index in [0.29, 0.717) is 5.69 Å². The van der Waals surface area contributed by atoms with Crippen molar-refractivity contribution in [3.63, 3.8) is 0 Å². The van der Waals surface area contributed by atoms with Crippen molar-refractivity contribution in [1.29, 1.82) is 0 Å². The van der Waals surface area contributed by atoms with Gasteiger partial charge in [0.05, 0.1) is 0 Å². The fourth-order valence-electron chi connectivity index (χ4n) is 1.37. The Morgan fingerprint density at radius 3 is 2.61 bits per heavy atom. The molecule has 0 aliphatic heterocycles. The number of amides is 1. The third-order valence-corrected chi connectivity index (χ3v) is 2.11. The van der Waals surface area contributed by atoms with Gasteiger partial charge in [0.15, 0.2) is 0 Å². The summed E-state index contributed by atoms with van der Waals surface area (Å²) in [7, 11) is 0. The lowest BCUT2D eigenvalue weighted by Crippen LogP contribution is -2.27. The number of phenolic OH excluding ortho intramolecular Hbond substituents is 1. The Bertz CT molecular complexity index is 673. The highest BCUT2D eigenvalue weighted by atomic mass is 16.3. The van der Waals surface area contributed by atoms with Crippen LogP contribution in [0.1, 0.15) is 10.5 Å². The summed E-state index contributed by atoms with van der Waals surface area (Å²) in [5, 5.41) is 11.7. The Morgan fingerprint density at radius 2 is 1.94 bits per heavy atom. The van der Waals surface area contributed by atoms with Gasteiger partial charge in [-0.2, -0.15) is 0 Å². The van der Waals surface area contributed by atoms with Crippen LogP contribution < -0.4 is 16.6 Å². The van der Waals surface area contributed by atoms with Crippen LogP contribution in [0.4, 0.5) is 5.69 Å². The molecule has 0 aliphatic carbocycles. The summed E-state index contributed by atoms with van der Waals surface area (Å²) in [4.78, 5) is 37.9. The quantitative estimate of drug-likeness (QED) is 0.598. The van der Waals surface area contributed by atoms with Crippen LogP contribution in [0.2, 0.25) is 0 Å². The highest BCUT2D eigenvalue weighted by molar-refractivity contribution is 6.02. The zero-order valence-corrected chi connectivity index (χ0v) is 9.06. The monoisotopic (exact) mass is 247 g/mol. The van der Waals surface area contributed by atoms with Crippen molar-refractivity contribution < 1.29 is 9.90 Å². The number of aromatic amines is 2. The van der Waals surface area contributed by atoms with Gasteiger partial charge in [-0.3, -0.25) is 14.6 Å². The minimum atomic E-state index is -0.761. The molecular weight excluding hydrogens is 238 g/mol. The van der Waals surface area contributed by atoms with Crippen molar-refractivity contribution in [2.45, 2.75) is 0 Å². The van der Waals surface area contributed by atoms with Gasteiger partial charge in [0.25, 0.3) is 11.5 Å². The molecule has 0 saturated heterocycles. The molecule has 4 N–H and O–H groups in total. The van der Waals surface area contributed by atoms with E-state index in [4.69, 9.17) is 0 Å². The number of aromatic hydroxyl groups is 1. The molecule has 0 aliphatic rings. The molecular formula is C11H9N3O4. The number of anilines is 1. The first-order valence-electron chi connectivity index (χ1n) is 4.98. The third kappa shape index (κ3) is 2.64. The van der Waals surface area contributed by atoms with Crippen LogP contribution in [0.5, 0.6) is 5.75 Å². The Kier molecular flexibility index (Phi) is 2.96. The van der Waals surface area contributed by atoms with Crippen molar-refractivity contribution in [1.82, 2.24) is 9.97 Å². The SMILES string of the molecule is O=C(Nc1cccc(O)c1)c1cc(=O)[nH]c(=O)[nH]1. The molecule has 0 atom stereocenters. The molecule has 1 amide bonds. The van der Waals surface area contributed by atoms with Crippen LogP contribution in [0.3, 0.4) is 0 Å². The van der Waals surface area contributed by atoms with Crippen LogP contribution in [0, 0.1) is 0 Å². The van der Waals surface area contributed by atoms with Gasteiger partial charge < -0.3 is 15.4 Å². The minimum absolute atomic E-state index is 0.00722. The molecule has 18 heavy (non-hydrogen) atoms. The predicted molar refractivity (Wildman–Crippen MR) is 63.7 cm³/mol. The molecule has 0 bridgehead atoms. The van der Waals surface area contributed by atoms with Gasteiger partial charge >= 0.3 is 5.69 Å². The minimum Gasteiger partial charge on any atom is -0.508 e. The van der Waals surface area contributed by atoms with Crippen LogP contribution in [-0.4, -0.2) is 21.0 Å². The van der Waals surface area contributed by atoms with Crippen LogP contribution in [0.25, 0.3) is 0 Å². The summed E-state index contributed by atoms with van der Waals surface area (Å²) in [6.45, 7) is 0. The zero-order valence-electron chi connectivity index (χ0n) is 9.06. The molecule has 2 rings (SSSR count). The predicted octanol–water partition coefficient (Wildman–Crippen LogP) is 0.0211. The number of benzene rings is 1. The Balaban J connectivity index is 2.27. The first-order chi connectivity index (χ1) is 8.54. The van der Waals surface area contributed by atoms with Crippen molar-refractivity contribution in [2.75, 3.05) is 5.32 Å². The normalized spacial score (nSPS) is 10.0. The molecule has 92 valence electrons. The number of rotatable bonds is 2. The number of hydrogen-bond acceptors (Lipinski definition) is 4. The fourth-order valence-corrected chi connectivity index (χ4v) is 1.37. The first kappa shape index (κ1) is 11.6. The van der Waals surface area contributed by atoms with E-state index in [1.165, 1.54) is 12.1 Å². The lowest BCUT2D eigenvalue weighted by molar-refractivity contribution is 0.102. The number of carbonyl (C=O) groups is 1. The summed E-state index contributed by atoms with van der Waals surface area (Å²) in [5.41, 5.74) is -1.24. The lowest BCUT2D eigenvalue weighted by Gasteiger charge is -2.04. The van der Waals surface area contributed by atoms with Crippen molar-refractivity contribution >= 4 is 11.6 Å². The summed E-state index contributed by atoms with van der Waals surface area (Å²) in [5.74, 6) is -0.656. The summed E-state index contributed by atoms with van der Waals surface area (Å²) >= 11 is 0. The number of H-pyrrole nitrogens is 2. The van der Waals surface area contributed by atoms with E-state index in [1.54, 1.807) is 12.1 Å². The van der Waals surface area contributed by atoms with E-state index in [0.717, 1.165) is 6.07 Å². The zero-order chi connectivity index (χ0) is 13.1. The highest BCUT2D eigenvalue weighted by Gasteiger charge is 2.08. The third-order valence-electron chi connectivity index (χ3n) is 2.11. The largest absolute Gasteiger partial charge is 0.508 e. The van der Waals surface area contributed by atoms with Crippen LogP contribution in [-0.2, 0) is 0 Å². The van der Waals surface area contributed by atoms with E-state index in [2.05, 4.69) is 10.3 Å². The molecule has 2 aromatic rings. The van der Waals surface area contributed by atoms with Crippen molar-refractivity contribution in [3.8, 4) is 5.75 Å². The maximum atomic E-state index is 11.7. The van der Waals surface area contributed by atoms with Gasteiger partial charge in [0, 0.05) is 17.8 Å². The maximum Gasteiger partial charge on any atom is 0.326 e. The van der Waals surface area contributed by atoms with E-state index in [-0.39, 0.29) is 11.4 Å². The second-order valence-corrected chi connectivity index (χ2v) is 3.51. The number of carbonyl (C=O) groups excluding carboxylic acids is 1. The van der Waals surface area contributed by atoms with Crippen molar-refractivity contribution in [2.24, 2.45) is 0 Å². The van der Waals surface area contributed by atoms with Gasteiger partial charge in [0.2, 0.25) is 0 Å². The Labute approximate surface area is 100 Å². The molecule has 7 heteroatoms. The average Bonchev–Trinajstić information content (AvgIpc) is 2.27. The summed E-state index contributed by atoms with van der Waals surface area (Å²) in [6, 6.07) is 6.86. The fraction of sp³-hybridized carbons (Fsp3) is 0. The summed E-state index contributed by atoms with van der Waals surface area (Å²) < 4.78 is 0. The summed E-state index contributed by atoms with van der Waals surface area (Å²) in [6.07, 6.45) is 0. The van der Waals surface area contributed by atoms with Crippen LogP contribution in [0.15, 0.2) is 39.9 Å². The lowest BCUT2D eigenvalue weighted by atomic mass is 10.3. The number of phenols is 1. The molecule has 0 fully saturated rings.